The number of carbonyl (C=O) groups excluding carboxylic acids is 1. The van der Waals surface area contributed by atoms with Crippen LogP contribution in [0.5, 0.6) is 5.75 Å². The lowest BCUT2D eigenvalue weighted by molar-refractivity contribution is -0.137. The van der Waals surface area contributed by atoms with Crippen molar-refractivity contribution in [3.8, 4) is 17.6 Å². The van der Waals surface area contributed by atoms with Crippen molar-refractivity contribution in [1.29, 1.82) is 0 Å². The van der Waals surface area contributed by atoms with Crippen LogP contribution in [-0.4, -0.2) is 18.2 Å². The summed E-state index contributed by atoms with van der Waals surface area (Å²) in [5, 5.41) is 9.26. The maximum Gasteiger partial charge on any atom is 0.416 e. The Kier molecular flexibility index (Phi) is 3.63. The van der Waals surface area contributed by atoms with E-state index in [2.05, 4.69) is 10.7 Å². The number of hydrogen-bond acceptors (Lipinski definition) is 3. The molecule has 0 aliphatic rings. The molecule has 0 bridgehead atoms. The molecule has 0 radical (unpaired) electrons. The van der Waals surface area contributed by atoms with Crippen molar-refractivity contribution in [2.75, 3.05) is 7.11 Å². The van der Waals surface area contributed by atoms with Crippen molar-refractivity contribution in [2.24, 2.45) is 0 Å². The normalized spacial score (nSPS) is 10.4. The fourth-order valence-corrected chi connectivity index (χ4v) is 0.982. The monoisotopic (exact) mass is 244 g/mol. The molecule has 6 heteroatoms. The Balaban J connectivity index is 3.15. The van der Waals surface area contributed by atoms with Gasteiger partial charge < -0.3 is 9.84 Å². The van der Waals surface area contributed by atoms with Crippen LogP contribution >= 0.6 is 0 Å². The molecule has 0 saturated carbocycles. The van der Waals surface area contributed by atoms with Crippen LogP contribution < -0.4 is 0 Å². The topological polar surface area (TPSA) is 46.5 Å². The molecule has 0 fully saturated rings. The highest BCUT2D eigenvalue weighted by Crippen LogP contribution is 2.31. The van der Waals surface area contributed by atoms with Crippen LogP contribution in [0.15, 0.2) is 18.2 Å². The first-order valence-corrected chi connectivity index (χ1v) is 4.35. The fraction of sp³-hybridized carbons (Fsp3) is 0.182. The van der Waals surface area contributed by atoms with Gasteiger partial charge in [0.2, 0.25) is 0 Å². The number of esters is 1. The third kappa shape index (κ3) is 3.41. The first-order valence-electron chi connectivity index (χ1n) is 4.35. The summed E-state index contributed by atoms with van der Waals surface area (Å²) in [6.07, 6.45) is -4.53. The average Bonchev–Trinajstić information content (AvgIpc) is 2.26. The smallest absolute Gasteiger partial charge is 0.416 e. The zero-order chi connectivity index (χ0) is 13.1. The minimum absolute atomic E-state index is 0.287. The highest BCUT2D eigenvalue weighted by atomic mass is 19.4. The molecule has 1 rings (SSSR count). The SMILES string of the molecule is COC(=O)C#Cc1cc(C(F)(F)F)ccc1O. The van der Waals surface area contributed by atoms with E-state index in [1.54, 1.807) is 0 Å². The Labute approximate surface area is 94.8 Å². The molecule has 3 nitrogen and oxygen atoms in total. The van der Waals surface area contributed by atoms with Gasteiger partial charge >= 0.3 is 12.1 Å². The maximum atomic E-state index is 12.3. The zero-order valence-electron chi connectivity index (χ0n) is 8.63. The van der Waals surface area contributed by atoms with Crippen LogP contribution in [0.25, 0.3) is 0 Å². The van der Waals surface area contributed by atoms with E-state index < -0.39 is 23.5 Å². The first kappa shape index (κ1) is 12.9. The number of ether oxygens (including phenoxy) is 1. The Morgan fingerprint density at radius 1 is 1.41 bits per heavy atom. The molecular weight excluding hydrogens is 237 g/mol. The summed E-state index contributed by atoms with van der Waals surface area (Å²) in [6.45, 7) is 0. The number of alkyl halides is 3. The third-order valence-corrected chi connectivity index (χ3v) is 1.81. The van der Waals surface area contributed by atoms with Crippen LogP contribution in [0.3, 0.4) is 0 Å². The van der Waals surface area contributed by atoms with Crippen molar-refractivity contribution < 1.29 is 27.8 Å². The number of phenolic OH excluding ortho intramolecular Hbond substituents is 1. The van der Waals surface area contributed by atoms with Gasteiger partial charge in [-0.3, -0.25) is 0 Å². The number of hydrogen-bond donors (Lipinski definition) is 1. The Morgan fingerprint density at radius 3 is 2.59 bits per heavy atom. The van der Waals surface area contributed by atoms with Crippen LogP contribution in [0, 0.1) is 11.8 Å². The van der Waals surface area contributed by atoms with E-state index in [0.29, 0.717) is 6.07 Å². The summed E-state index contributed by atoms with van der Waals surface area (Å²) < 4.78 is 41.2. The molecule has 0 saturated heterocycles. The van der Waals surface area contributed by atoms with E-state index in [1.807, 2.05) is 5.92 Å². The molecule has 90 valence electrons. The molecule has 0 aromatic heterocycles. The standard InChI is InChI=1S/C11H7F3O3/c1-17-10(16)5-2-7-6-8(11(12,13)14)3-4-9(7)15/h3-4,6,15H,1H3. The fourth-order valence-electron chi connectivity index (χ4n) is 0.982. The van der Waals surface area contributed by atoms with Crippen molar-refractivity contribution in [3.63, 3.8) is 0 Å². The van der Waals surface area contributed by atoms with Crippen LogP contribution in [0.2, 0.25) is 0 Å². The second-order valence-corrected chi connectivity index (χ2v) is 2.97. The molecule has 17 heavy (non-hydrogen) atoms. The molecule has 0 spiro atoms. The van der Waals surface area contributed by atoms with Gasteiger partial charge in [-0.05, 0) is 18.2 Å². The number of phenols is 1. The van der Waals surface area contributed by atoms with Gasteiger partial charge in [0.05, 0.1) is 18.2 Å². The molecule has 1 aromatic carbocycles. The highest BCUT2D eigenvalue weighted by molar-refractivity contribution is 5.89. The predicted octanol–water partition coefficient (Wildman–Crippen LogP) is 1.94. The van der Waals surface area contributed by atoms with E-state index >= 15 is 0 Å². The molecule has 0 aliphatic carbocycles. The second-order valence-electron chi connectivity index (χ2n) is 2.97. The molecular formula is C11H7F3O3. The van der Waals surface area contributed by atoms with Gasteiger partial charge in [-0.1, -0.05) is 5.92 Å². The van der Waals surface area contributed by atoms with Gasteiger partial charge in [0.25, 0.3) is 0 Å². The zero-order valence-corrected chi connectivity index (χ0v) is 8.63. The van der Waals surface area contributed by atoms with E-state index in [1.165, 1.54) is 0 Å². The second kappa shape index (κ2) is 4.78. The number of methoxy groups -OCH3 is 1. The number of carbonyl (C=O) groups is 1. The number of aromatic hydroxyl groups is 1. The van der Waals surface area contributed by atoms with Gasteiger partial charge in [-0.15, -0.1) is 0 Å². The van der Waals surface area contributed by atoms with Gasteiger partial charge in [0, 0.05) is 5.92 Å². The Hall–Kier alpha value is -2.16. The summed E-state index contributed by atoms with van der Waals surface area (Å²) in [4.78, 5) is 10.7. The van der Waals surface area contributed by atoms with Crippen molar-refractivity contribution >= 4 is 5.97 Å². The number of benzene rings is 1. The van der Waals surface area contributed by atoms with Crippen molar-refractivity contribution in [1.82, 2.24) is 0 Å². The summed E-state index contributed by atoms with van der Waals surface area (Å²) in [5.41, 5.74) is -1.24. The van der Waals surface area contributed by atoms with E-state index in [4.69, 9.17) is 0 Å². The lowest BCUT2D eigenvalue weighted by Gasteiger charge is -2.07. The lowest BCUT2D eigenvalue weighted by Crippen LogP contribution is -2.04. The van der Waals surface area contributed by atoms with Crippen LogP contribution in [0.1, 0.15) is 11.1 Å². The molecule has 0 amide bonds. The minimum Gasteiger partial charge on any atom is -0.507 e. The third-order valence-electron chi connectivity index (χ3n) is 1.81. The summed E-state index contributed by atoms with van der Waals surface area (Å²) >= 11 is 0. The Bertz CT molecular complexity index is 495. The highest BCUT2D eigenvalue weighted by Gasteiger charge is 2.30. The maximum absolute atomic E-state index is 12.3. The average molecular weight is 244 g/mol. The van der Waals surface area contributed by atoms with Crippen LogP contribution in [-0.2, 0) is 15.7 Å². The summed E-state index contributed by atoms with van der Waals surface area (Å²) in [7, 11) is 1.09. The molecule has 1 N–H and O–H groups in total. The molecule has 0 atom stereocenters. The Morgan fingerprint density at radius 2 is 2.06 bits per heavy atom. The lowest BCUT2D eigenvalue weighted by atomic mass is 10.1. The van der Waals surface area contributed by atoms with Crippen molar-refractivity contribution in [2.45, 2.75) is 6.18 Å². The van der Waals surface area contributed by atoms with Gasteiger partial charge in [-0.25, -0.2) is 4.79 Å². The van der Waals surface area contributed by atoms with Gasteiger partial charge in [0.15, 0.2) is 0 Å². The molecule has 0 aliphatic heterocycles. The van der Waals surface area contributed by atoms with Gasteiger partial charge in [0.1, 0.15) is 5.75 Å². The first-order chi connectivity index (χ1) is 7.84. The van der Waals surface area contributed by atoms with E-state index in [-0.39, 0.29) is 5.56 Å². The largest absolute Gasteiger partial charge is 0.507 e. The summed E-state index contributed by atoms with van der Waals surface area (Å²) in [6, 6.07) is 2.24. The predicted molar refractivity (Wildman–Crippen MR) is 52.0 cm³/mol. The number of halogens is 3. The molecule has 0 heterocycles. The molecule has 0 unspecified atom stereocenters. The number of rotatable bonds is 0. The molecule has 1 aromatic rings. The summed E-state index contributed by atoms with van der Waals surface area (Å²) in [5.74, 6) is 2.69. The van der Waals surface area contributed by atoms with Gasteiger partial charge in [-0.2, -0.15) is 13.2 Å². The quantitative estimate of drug-likeness (QED) is 0.560. The van der Waals surface area contributed by atoms with Crippen LogP contribution in [0.4, 0.5) is 13.2 Å². The van der Waals surface area contributed by atoms with E-state index in [9.17, 15) is 23.1 Å². The minimum atomic E-state index is -4.53. The van der Waals surface area contributed by atoms with E-state index in [0.717, 1.165) is 19.2 Å². The van der Waals surface area contributed by atoms with Crippen molar-refractivity contribution in [3.05, 3.63) is 29.3 Å².